The lowest BCUT2D eigenvalue weighted by Crippen LogP contribution is -2.54. The van der Waals surface area contributed by atoms with Crippen molar-refractivity contribution in [3.8, 4) is 0 Å². The van der Waals surface area contributed by atoms with Crippen LogP contribution in [0, 0.1) is 6.92 Å². The van der Waals surface area contributed by atoms with Gasteiger partial charge in [0.2, 0.25) is 0 Å². The van der Waals surface area contributed by atoms with E-state index in [-0.39, 0.29) is 24.1 Å². The fourth-order valence-electron chi connectivity index (χ4n) is 2.78. The van der Waals surface area contributed by atoms with Gasteiger partial charge in [0.25, 0.3) is 5.91 Å². The van der Waals surface area contributed by atoms with Crippen molar-refractivity contribution in [2.24, 2.45) is 0 Å². The second-order valence-corrected chi connectivity index (χ2v) is 7.19. The molecule has 1 rings (SSSR count). The lowest BCUT2D eigenvalue weighted by Gasteiger charge is -2.36. The summed E-state index contributed by atoms with van der Waals surface area (Å²) in [5.41, 5.74) is 1.50. The van der Waals surface area contributed by atoms with Crippen LogP contribution in [0.3, 0.4) is 0 Å². The molecule has 0 saturated carbocycles. The largest absolute Gasteiger partial charge is 0.462 e. The molecule has 0 saturated heterocycles. The predicted octanol–water partition coefficient (Wildman–Crippen LogP) is 4.03. The number of quaternary nitrogens is 1. The van der Waals surface area contributed by atoms with Crippen LogP contribution >= 0.6 is 11.6 Å². The number of amides is 1. The lowest BCUT2D eigenvalue weighted by molar-refractivity contribution is -0.904. The quantitative estimate of drug-likeness (QED) is 0.556. The number of likely N-dealkylation sites (N-methyl/N-ethyl adjacent to an activating group) is 1. The summed E-state index contributed by atoms with van der Waals surface area (Å²) in [5.74, 6) is -0.579. The van der Waals surface area contributed by atoms with Crippen LogP contribution in [0.2, 0.25) is 5.02 Å². The molecule has 0 aliphatic carbocycles. The average molecular weight is 370 g/mol. The molecule has 0 radical (unpaired) electrons. The summed E-state index contributed by atoms with van der Waals surface area (Å²) in [7, 11) is 4.09. The van der Waals surface area contributed by atoms with Crippen molar-refractivity contribution in [1.29, 1.82) is 0 Å². The Balaban J connectivity index is 3.23. The SMILES string of the molecule is CCCC(C(=O)Nc1c(C)cc(Cl)cc1C(=O)OCC)[N+](C)(C)CC. The molecule has 1 atom stereocenters. The van der Waals surface area contributed by atoms with E-state index in [9.17, 15) is 9.59 Å². The highest BCUT2D eigenvalue weighted by Crippen LogP contribution is 2.27. The van der Waals surface area contributed by atoms with Gasteiger partial charge in [-0.3, -0.25) is 4.79 Å². The molecule has 0 aliphatic heterocycles. The van der Waals surface area contributed by atoms with Crippen LogP contribution in [-0.2, 0) is 9.53 Å². The highest BCUT2D eigenvalue weighted by atomic mass is 35.5. The summed E-state index contributed by atoms with van der Waals surface area (Å²) in [4.78, 5) is 25.2. The summed E-state index contributed by atoms with van der Waals surface area (Å²) >= 11 is 6.09. The third-order valence-electron chi connectivity index (χ3n) is 4.57. The zero-order valence-electron chi connectivity index (χ0n) is 16.1. The molecule has 0 aromatic heterocycles. The first-order chi connectivity index (χ1) is 11.7. The van der Waals surface area contributed by atoms with Crippen molar-refractivity contribution < 1.29 is 18.8 Å². The number of hydrogen-bond acceptors (Lipinski definition) is 3. The maximum atomic E-state index is 13.0. The smallest absolute Gasteiger partial charge is 0.340 e. The van der Waals surface area contributed by atoms with Crippen LogP contribution in [-0.4, -0.2) is 49.6 Å². The Kier molecular flexibility index (Phi) is 7.90. The van der Waals surface area contributed by atoms with Gasteiger partial charge >= 0.3 is 5.97 Å². The van der Waals surface area contributed by atoms with Crippen LogP contribution in [0.4, 0.5) is 5.69 Å². The molecule has 25 heavy (non-hydrogen) atoms. The van der Waals surface area contributed by atoms with E-state index in [1.54, 1.807) is 13.0 Å². The summed E-state index contributed by atoms with van der Waals surface area (Å²) in [6.45, 7) is 8.78. The number of rotatable bonds is 8. The molecular formula is C19H30ClN2O3+. The second-order valence-electron chi connectivity index (χ2n) is 6.75. The highest BCUT2D eigenvalue weighted by Gasteiger charge is 2.33. The van der Waals surface area contributed by atoms with Crippen molar-refractivity contribution in [3.63, 3.8) is 0 Å². The minimum Gasteiger partial charge on any atom is -0.462 e. The number of carbonyl (C=O) groups excluding carboxylic acids is 2. The molecule has 6 heteroatoms. The number of aryl methyl sites for hydroxylation is 1. The Bertz CT molecular complexity index is 629. The molecular weight excluding hydrogens is 340 g/mol. The van der Waals surface area contributed by atoms with Gasteiger partial charge in [0.1, 0.15) is 0 Å². The van der Waals surface area contributed by atoms with E-state index in [2.05, 4.69) is 19.2 Å². The Morgan fingerprint density at radius 3 is 2.40 bits per heavy atom. The Labute approximate surface area is 155 Å². The van der Waals surface area contributed by atoms with E-state index in [0.29, 0.717) is 15.2 Å². The van der Waals surface area contributed by atoms with Crippen molar-refractivity contribution >= 4 is 29.2 Å². The van der Waals surface area contributed by atoms with Gasteiger partial charge in [-0.05, 0) is 44.9 Å². The molecule has 140 valence electrons. The number of benzene rings is 1. The van der Waals surface area contributed by atoms with Gasteiger partial charge in [-0.2, -0.15) is 0 Å². The van der Waals surface area contributed by atoms with Gasteiger partial charge < -0.3 is 14.5 Å². The van der Waals surface area contributed by atoms with E-state index in [1.165, 1.54) is 6.07 Å². The first-order valence-corrected chi connectivity index (χ1v) is 9.16. The fraction of sp³-hybridized carbons (Fsp3) is 0.579. The Hall–Kier alpha value is -1.59. The molecule has 0 fully saturated rings. The first kappa shape index (κ1) is 21.5. The topological polar surface area (TPSA) is 55.4 Å². The molecule has 1 aromatic carbocycles. The number of nitrogens with zero attached hydrogens (tertiary/aromatic N) is 1. The van der Waals surface area contributed by atoms with E-state index in [1.807, 2.05) is 21.0 Å². The predicted molar refractivity (Wildman–Crippen MR) is 102 cm³/mol. The maximum absolute atomic E-state index is 13.0. The van der Waals surface area contributed by atoms with E-state index >= 15 is 0 Å². The van der Waals surface area contributed by atoms with Gasteiger partial charge in [-0.1, -0.05) is 18.5 Å². The molecule has 0 bridgehead atoms. The molecule has 0 heterocycles. The third-order valence-corrected chi connectivity index (χ3v) is 4.79. The maximum Gasteiger partial charge on any atom is 0.340 e. The minimum absolute atomic E-state index is 0.0929. The molecule has 0 aliphatic rings. The summed E-state index contributed by atoms with van der Waals surface area (Å²) < 4.78 is 5.69. The van der Waals surface area contributed by atoms with Crippen LogP contribution in [0.25, 0.3) is 0 Å². The molecule has 0 spiro atoms. The summed E-state index contributed by atoms with van der Waals surface area (Å²) in [6, 6.07) is 3.07. The number of hydrogen-bond donors (Lipinski definition) is 1. The van der Waals surface area contributed by atoms with Gasteiger partial charge in [-0.15, -0.1) is 0 Å². The van der Waals surface area contributed by atoms with Crippen LogP contribution in [0.5, 0.6) is 0 Å². The number of ether oxygens (including phenoxy) is 1. The standard InChI is InChI=1S/C19H29ClN2O3/c1-7-10-16(22(5,6)8-2)18(23)21-17-13(4)11-14(20)12-15(17)19(24)25-9-3/h11-12,16H,7-10H2,1-6H3/p+1. The Morgan fingerprint density at radius 1 is 1.24 bits per heavy atom. The molecule has 5 nitrogen and oxygen atoms in total. The summed E-state index contributed by atoms with van der Waals surface area (Å²) in [5, 5.41) is 3.39. The zero-order valence-corrected chi connectivity index (χ0v) is 16.9. The number of nitrogens with one attached hydrogen (secondary N) is 1. The minimum atomic E-state index is -0.486. The van der Waals surface area contributed by atoms with Crippen molar-refractivity contribution in [1.82, 2.24) is 0 Å². The number of anilines is 1. The molecule has 1 unspecified atom stereocenters. The third kappa shape index (κ3) is 5.44. The normalized spacial score (nSPS) is 12.6. The van der Waals surface area contributed by atoms with Crippen molar-refractivity contribution in [3.05, 3.63) is 28.3 Å². The van der Waals surface area contributed by atoms with Crippen LogP contribution in [0.15, 0.2) is 12.1 Å². The molecule has 1 amide bonds. The number of carbonyl (C=O) groups is 2. The zero-order chi connectivity index (χ0) is 19.2. The van der Waals surface area contributed by atoms with Crippen LogP contribution < -0.4 is 5.32 Å². The second kappa shape index (κ2) is 9.20. The molecule has 1 N–H and O–H groups in total. The average Bonchev–Trinajstić information content (AvgIpc) is 2.54. The monoisotopic (exact) mass is 369 g/mol. The van der Waals surface area contributed by atoms with Gasteiger partial charge in [0.15, 0.2) is 6.04 Å². The highest BCUT2D eigenvalue weighted by molar-refractivity contribution is 6.31. The Morgan fingerprint density at radius 2 is 1.88 bits per heavy atom. The van der Waals surface area contributed by atoms with E-state index in [4.69, 9.17) is 16.3 Å². The van der Waals surface area contributed by atoms with Crippen molar-refractivity contribution in [2.45, 2.75) is 46.6 Å². The van der Waals surface area contributed by atoms with Crippen LogP contribution in [0.1, 0.15) is 49.5 Å². The van der Waals surface area contributed by atoms with Gasteiger partial charge in [0, 0.05) is 11.4 Å². The van der Waals surface area contributed by atoms with Crippen molar-refractivity contribution in [2.75, 3.05) is 32.6 Å². The fourth-order valence-corrected chi connectivity index (χ4v) is 3.05. The first-order valence-electron chi connectivity index (χ1n) is 8.78. The van der Waals surface area contributed by atoms with Gasteiger partial charge in [0.05, 0.1) is 38.5 Å². The lowest BCUT2D eigenvalue weighted by atomic mass is 10.0. The molecule has 1 aromatic rings. The number of halogens is 1. The van der Waals surface area contributed by atoms with Gasteiger partial charge in [-0.25, -0.2) is 4.79 Å². The number of esters is 1. The van der Waals surface area contributed by atoms with E-state index in [0.717, 1.165) is 24.9 Å². The summed E-state index contributed by atoms with van der Waals surface area (Å²) in [6.07, 6.45) is 1.68. The van der Waals surface area contributed by atoms with E-state index < -0.39 is 5.97 Å².